The summed E-state index contributed by atoms with van der Waals surface area (Å²) in [6.07, 6.45) is 4.11. The van der Waals surface area contributed by atoms with Gasteiger partial charge in [0.15, 0.2) is 6.71 Å². The van der Waals surface area contributed by atoms with Gasteiger partial charge < -0.3 is 14.2 Å². The molecular weight excluding hydrogens is 393 g/mol. The molecule has 5 nitrogen and oxygen atoms in total. The van der Waals surface area contributed by atoms with Crippen LogP contribution in [0.2, 0.25) is 13.6 Å². The summed E-state index contributed by atoms with van der Waals surface area (Å²) in [6.45, 7) is 13.2. The molecule has 0 unspecified atom stereocenters. The molecular formula is C26H30BN5. The van der Waals surface area contributed by atoms with Crippen LogP contribution >= 0.6 is 0 Å². The maximum Gasteiger partial charge on any atom is 0.171 e. The Morgan fingerprint density at radius 3 is 2.34 bits per heavy atom. The van der Waals surface area contributed by atoms with Crippen molar-refractivity contribution in [1.29, 1.82) is 0 Å². The molecule has 32 heavy (non-hydrogen) atoms. The van der Waals surface area contributed by atoms with Gasteiger partial charge in [-0.15, -0.1) is 0 Å². The first-order valence-corrected chi connectivity index (χ1v) is 11.5. The SMILES string of the molecule is CB(C)c1ccc(N2CCN(c3ccc(C)c(-c4nc5ccccn5c4C)c3)CC2)nc1. The van der Waals surface area contributed by atoms with Crippen LogP contribution in [0, 0.1) is 13.8 Å². The molecule has 0 radical (unpaired) electrons. The number of imidazole rings is 1. The summed E-state index contributed by atoms with van der Waals surface area (Å²) in [5.74, 6) is 1.08. The predicted molar refractivity (Wildman–Crippen MR) is 136 cm³/mol. The van der Waals surface area contributed by atoms with E-state index >= 15 is 0 Å². The van der Waals surface area contributed by atoms with Crippen molar-refractivity contribution in [2.45, 2.75) is 27.5 Å². The van der Waals surface area contributed by atoms with Crippen molar-refractivity contribution < 1.29 is 0 Å². The van der Waals surface area contributed by atoms with Crippen LogP contribution in [0.1, 0.15) is 11.3 Å². The van der Waals surface area contributed by atoms with Crippen molar-refractivity contribution in [2.24, 2.45) is 0 Å². The van der Waals surface area contributed by atoms with Crippen LogP contribution in [0.5, 0.6) is 0 Å². The Morgan fingerprint density at radius 1 is 0.875 bits per heavy atom. The van der Waals surface area contributed by atoms with E-state index in [0.29, 0.717) is 6.71 Å². The molecule has 0 amide bonds. The maximum atomic E-state index is 4.93. The second kappa shape index (κ2) is 8.34. The smallest absolute Gasteiger partial charge is 0.171 e. The van der Waals surface area contributed by atoms with Crippen molar-refractivity contribution in [2.75, 3.05) is 36.0 Å². The highest BCUT2D eigenvalue weighted by atomic mass is 15.3. The number of nitrogens with zero attached hydrogens (tertiary/aromatic N) is 5. The fourth-order valence-electron chi connectivity index (χ4n) is 4.56. The van der Waals surface area contributed by atoms with Gasteiger partial charge in [0.05, 0.1) is 5.69 Å². The van der Waals surface area contributed by atoms with Gasteiger partial charge in [0.2, 0.25) is 0 Å². The summed E-state index contributed by atoms with van der Waals surface area (Å²) in [5.41, 5.74) is 8.29. The summed E-state index contributed by atoms with van der Waals surface area (Å²) >= 11 is 0. The molecule has 1 aliphatic heterocycles. The molecule has 0 saturated carbocycles. The van der Waals surface area contributed by atoms with Crippen molar-refractivity contribution in [3.63, 3.8) is 0 Å². The summed E-state index contributed by atoms with van der Waals surface area (Å²) in [6, 6.07) is 17.3. The third-order valence-corrected chi connectivity index (χ3v) is 6.65. The molecule has 0 spiro atoms. The lowest BCUT2D eigenvalue weighted by Crippen LogP contribution is -2.47. The Labute approximate surface area is 190 Å². The van der Waals surface area contributed by atoms with E-state index in [1.807, 2.05) is 12.3 Å². The number of fused-ring (bicyclic) bond motifs is 1. The third kappa shape index (κ3) is 3.74. The second-order valence-corrected chi connectivity index (χ2v) is 9.05. The number of piperazine rings is 1. The number of hydrogen-bond donors (Lipinski definition) is 0. The summed E-state index contributed by atoms with van der Waals surface area (Å²) < 4.78 is 2.16. The van der Waals surface area contributed by atoms with Crippen LogP contribution in [0.4, 0.5) is 11.5 Å². The van der Waals surface area contributed by atoms with Crippen LogP contribution in [0.25, 0.3) is 16.9 Å². The number of aryl methyl sites for hydroxylation is 2. The topological polar surface area (TPSA) is 36.7 Å². The van der Waals surface area contributed by atoms with E-state index in [1.54, 1.807) is 0 Å². The van der Waals surface area contributed by atoms with Gasteiger partial charge >= 0.3 is 0 Å². The number of benzene rings is 1. The van der Waals surface area contributed by atoms with Crippen molar-refractivity contribution >= 4 is 29.3 Å². The lowest BCUT2D eigenvalue weighted by atomic mass is 9.50. The van der Waals surface area contributed by atoms with E-state index in [9.17, 15) is 0 Å². The molecule has 4 aromatic rings. The predicted octanol–water partition coefficient (Wildman–Crippen LogP) is 4.30. The van der Waals surface area contributed by atoms with Crippen LogP contribution < -0.4 is 15.3 Å². The lowest BCUT2D eigenvalue weighted by Gasteiger charge is -2.37. The molecule has 0 atom stereocenters. The van der Waals surface area contributed by atoms with E-state index in [2.05, 4.69) is 90.4 Å². The molecule has 0 aliphatic carbocycles. The molecule has 5 rings (SSSR count). The first-order valence-electron chi connectivity index (χ1n) is 11.5. The van der Waals surface area contributed by atoms with Crippen LogP contribution in [-0.2, 0) is 0 Å². The highest BCUT2D eigenvalue weighted by Crippen LogP contribution is 2.31. The van der Waals surface area contributed by atoms with Crippen LogP contribution in [-0.4, -0.2) is 47.3 Å². The number of aromatic nitrogens is 3. The maximum absolute atomic E-state index is 4.93. The average molecular weight is 423 g/mol. The van der Waals surface area contributed by atoms with Crippen molar-refractivity contribution in [1.82, 2.24) is 14.4 Å². The van der Waals surface area contributed by atoms with Crippen LogP contribution in [0.15, 0.2) is 60.9 Å². The van der Waals surface area contributed by atoms with Crippen LogP contribution in [0.3, 0.4) is 0 Å². The summed E-state index contributed by atoms with van der Waals surface area (Å²) in [5, 5.41) is 0. The molecule has 1 fully saturated rings. The fourth-order valence-corrected chi connectivity index (χ4v) is 4.56. The molecule has 1 aromatic carbocycles. The zero-order chi connectivity index (χ0) is 22.2. The Kier molecular flexibility index (Phi) is 5.37. The first kappa shape index (κ1) is 20.6. The normalized spacial score (nSPS) is 14.2. The Bertz CT molecular complexity index is 1240. The highest BCUT2D eigenvalue weighted by molar-refractivity contribution is 6.70. The Morgan fingerprint density at radius 2 is 1.66 bits per heavy atom. The van der Waals surface area contributed by atoms with E-state index in [-0.39, 0.29) is 0 Å². The van der Waals surface area contributed by atoms with Gasteiger partial charge in [-0.3, -0.25) is 0 Å². The molecule has 162 valence electrons. The van der Waals surface area contributed by atoms with Gasteiger partial charge in [-0.1, -0.05) is 37.3 Å². The fraction of sp³-hybridized carbons (Fsp3) is 0.308. The zero-order valence-corrected chi connectivity index (χ0v) is 19.4. The quantitative estimate of drug-likeness (QED) is 0.459. The minimum absolute atomic E-state index is 0.515. The highest BCUT2D eigenvalue weighted by Gasteiger charge is 2.20. The Hall–Kier alpha value is -3.28. The molecule has 6 heteroatoms. The van der Waals surface area contributed by atoms with E-state index in [4.69, 9.17) is 9.97 Å². The van der Waals surface area contributed by atoms with Crippen molar-refractivity contribution in [3.05, 3.63) is 72.2 Å². The second-order valence-electron chi connectivity index (χ2n) is 9.05. The number of hydrogen-bond acceptors (Lipinski definition) is 4. The van der Waals surface area contributed by atoms with E-state index in [1.165, 1.54) is 28.0 Å². The standard InChI is InChI=1S/C26H30BN5/c1-19-8-10-22(17-23(19)26-20(2)32-12-6-5-7-25(32)29-26)30-13-15-31(16-14-30)24-11-9-21(18-28-24)27(3)4/h5-12,17-18H,13-16H2,1-4H3. The van der Waals surface area contributed by atoms with Crippen molar-refractivity contribution in [3.8, 4) is 11.3 Å². The minimum Gasteiger partial charge on any atom is -0.368 e. The molecule has 0 bridgehead atoms. The third-order valence-electron chi connectivity index (χ3n) is 6.65. The molecule has 4 heterocycles. The van der Waals surface area contributed by atoms with Gasteiger partial charge in [-0.2, -0.15) is 0 Å². The Balaban J connectivity index is 1.36. The van der Waals surface area contributed by atoms with E-state index in [0.717, 1.165) is 43.3 Å². The monoisotopic (exact) mass is 423 g/mol. The summed E-state index contributed by atoms with van der Waals surface area (Å²) in [7, 11) is 0. The van der Waals surface area contributed by atoms with Gasteiger partial charge in [-0.25, -0.2) is 9.97 Å². The lowest BCUT2D eigenvalue weighted by molar-refractivity contribution is 0.647. The van der Waals surface area contributed by atoms with E-state index < -0.39 is 0 Å². The number of pyridine rings is 2. The zero-order valence-electron chi connectivity index (χ0n) is 19.4. The molecule has 1 aliphatic rings. The number of anilines is 2. The minimum atomic E-state index is 0.515. The first-order chi connectivity index (χ1) is 15.5. The number of rotatable bonds is 4. The van der Waals surface area contributed by atoms with Gasteiger partial charge in [0.25, 0.3) is 0 Å². The molecule has 3 aromatic heterocycles. The average Bonchev–Trinajstić information content (AvgIpc) is 3.16. The van der Waals surface area contributed by atoms with Gasteiger partial charge in [0, 0.05) is 55.5 Å². The molecule has 0 N–H and O–H groups in total. The molecule has 1 saturated heterocycles. The largest absolute Gasteiger partial charge is 0.368 e. The van der Waals surface area contributed by atoms with Gasteiger partial charge in [-0.05, 0) is 49.7 Å². The van der Waals surface area contributed by atoms with Gasteiger partial charge in [0.1, 0.15) is 11.5 Å². The summed E-state index contributed by atoms with van der Waals surface area (Å²) in [4.78, 5) is 14.5.